The molecule has 0 bridgehead atoms. The Kier molecular flexibility index (Phi) is 3.94. The van der Waals surface area contributed by atoms with Gasteiger partial charge in [-0.15, -0.1) is 12.4 Å². The van der Waals surface area contributed by atoms with Crippen molar-refractivity contribution in [3.05, 3.63) is 29.8 Å². The maximum absolute atomic E-state index is 12.1. The van der Waals surface area contributed by atoms with Crippen LogP contribution in [0.25, 0.3) is 0 Å². The Morgan fingerprint density at radius 1 is 1.27 bits per heavy atom. The van der Waals surface area contributed by atoms with Gasteiger partial charge in [0.05, 0.1) is 5.25 Å². The number of rotatable bonds is 5. The first-order chi connectivity index (χ1) is 10.1. The number of nitrogens with one attached hydrogen (secondary N) is 2. The van der Waals surface area contributed by atoms with E-state index in [1.165, 1.54) is 5.56 Å². The summed E-state index contributed by atoms with van der Waals surface area (Å²) < 4.78 is 26.9. The third-order valence-electron chi connectivity index (χ3n) is 5.64. The molecule has 1 aromatic rings. The van der Waals surface area contributed by atoms with Gasteiger partial charge in [0.15, 0.2) is 0 Å². The van der Waals surface area contributed by atoms with Crippen molar-refractivity contribution in [3.63, 3.8) is 0 Å². The van der Waals surface area contributed by atoms with Gasteiger partial charge in [0.2, 0.25) is 10.0 Å². The van der Waals surface area contributed by atoms with Crippen LogP contribution in [0.1, 0.15) is 31.7 Å². The normalized spacial score (nSPS) is 33.0. The third kappa shape index (κ3) is 2.34. The molecule has 2 unspecified atom stereocenters. The van der Waals surface area contributed by atoms with Crippen LogP contribution >= 0.6 is 12.4 Å². The Hall–Kier alpha value is -0.780. The zero-order valence-corrected chi connectivity index (χ0v) is 14.3. The predicted octanol–water partition coefficient (Wildman–Crippen LogP) is 2.51. The fourth-order valence-corrected chi connectivity index (χ4v) is 5.68. The first-order valence-corrected chi connectivity index (χ1v) is 9.45. The largest absolute Gasteiger partial charge is 0.316 e. The third-order valence-corrected chi connectivity index (χ3v) is 7.51. The summed E-state index contributed by atoms with van der Waals surface area (Å²) in [6, 6.07) is 8.07. The van der Waals surface area contributed by atoms with Gasteiger partial charge >= 0.3 is 0 Å². The molecule has 22 heavy (non-hydrogen) atoms. The van der Waals surface area contributed by atoms with Crippen LogP contribution in [0.5, 0.6) is 0 Å². The number of hydrogen-bond acceptors (Lipinski definition) is 3. The Morgan fingerprint density at radius 3 is 2.55 bits per heavy atom. The van der Waals surface area contributed by atoms with Crippen LogP contribution in [0.15, 0.2) is 24.3 Å². The van der Waals surface area contributed by atoms with Gasteiger partial charge < -0.3 is 5.32 Å². The molecule has 1 saturated heterocycles. The number of halogens is 1. The number of sulfonamides is 1. The highest BCUT2D eigenvalue weighted by Gasteiger charge is 2.65. The Balaban J connectivity index is 0.00000144. The fraction of sp³-hybridized carbons (Fsp3) is 0.625. The van der Waals surface area contributed by atoms with E-state index in [-0.39, 0.29) is 23.1 Å². The summed E-state index contributed by atoms with van der Waals surface area (Å²) in [5.41, 5.74) is 2.30. The minimum absolute atomic E-state index is 0. The van der Waals surface area contributed by atoms with E-state index < -0.39 is 10.0 Å². The minimum Gasteiger partial charge on any atom is -0.316 e. The van der Waals surface area contributed by atoms with Crippen LogP contribution in [0, 0.1) is 11.8 Å². The van der Waals surface area contributed by atoms with E-state index in [4.69, 9.17) is 0 Å². The zero-order valence-electron chi connectivity index (χ0n) is 12.7. The van der Waals surface area contributed by atoms with Crippen LogP contribution in [-0.4, -0.2) is 26.8 Å². The molecule has 0 aromatic heterocycles. The van der Waals surface area contributed by atoms with E-state index in [1.807, 2.05) is 12.1 Å². The van der Waals surface area contributed by atoms with E-state index in [0.717, 1.165) is 49.9 Å². The molecule has 4 rings (SSSR count). The number of anilines is 1. The summed E-state index contributed by atoms with van der Waals surface area (Å²) in [6.45, 7) is 4.44. The quantitative estimate of drug-likeness (QED) is 0.864. The molecule has 4 nitrogen and oxygen atoms in total. The molecule has 0 amide bonds. The molecular formula is C16H23ClN2O2S. The molecule has 1 heterocycles. The molecule has 2 atom stereocenters. The van der Waals surface area contributed by atoms with Gasteiger partial charge in [-0.25, -0.2) is 8.42 Å². The van der Waals surface area contributed by atoms with Crippen molar-refractivity contribution in [1.29, 1.82) is 0 Å². The standard InChI is InChI=1S/C16H22N2O2S.ClH/c1-2-16(14-9-17-10-15(14)16)11-4-3-5-12(8-11)18-21(19,20)13-6-7-13;/h3-5,8,13-15,17-18H,2,6-7,9-10H2,1H3;1H. The molecule has 3 fully saturated rings. The predicted molar refractivity (Wildman–Crippen MR) is 91.1 cm³/mol. The monoisotopic (exact) mass is 342 g/mol. The number of hydrogen-bond donors (Lipinski definition) is 2. The maximum Gasteiger partial charge on any atom is 0.235 e. The summed E-state index contributed by atoms with van der Waals surface area (Å²) in [6.07, 6.45) is 2.72. The molecule has 0 radical (unpaired) electrons. The van der Waals surface area contributed by atoms with Gasteiger partial charge in [-0.2, -0.15) is 0 Å². The molecule has 6 heteroatoms. The summed E-state index contributed by atoms with van der Waals surface area (Å²) in [5, 5.41) is 3.27. The Labute approximate surface area is 138 Å². The summed E-state index contributed by atoms with van der Waals surface area (Å²) in [7, 11) is -3.17. The van der Waals surface area contributed by atoms with Gasteiger partial charge in [0, 0.05) is 11.1 Å². The van der Waals surface area contributed by atoms with Crippen molar-refractivity contribution >= 4 is 28.1 Å². The van der Waals surface area contributed by atoms with E-state index in [2.05, 4.69) is 29.1 Å². The molecule has 2 aliphatic carbocycles. The zero-order chi connectivity index (χ0) is 14.7. The van der Waals surface area contributed by atoms with E-state index >= 15 is 0 Å². The van der Waals surface area contributed by atoms with Crippen LogP contribution in [0.2, 0.25) is 0 Å². The molecule has 3 aliphatic rings. The van der Waals surface area contributed by atoms with E-state index in [9.17, 15) is 8.42 Å². The van der Waals surface area contributed by atoms with Crippen LogP contribution < -0.4 is 10.0 Å². The lowest BCUT2D eigenvalue weighted by Crippen LogP contribution is -2.25. The van der Waals surface area contributed by atoms with Crippen molar-refractivity contribution in [3.8, 4) is 0 Å². The second-order valence-electron chi connectivity index (χ2n) is 6.69. The summed E-state index contributed by atoms with van der Waals surface area (Å²) >= 11 is 0. The lowest BCUT2D eigenvalue weighted by Gasteiger charge is -2.21. The first kappa shape index (κ1) is 16.1. The lowest BCUT2D eigenvalue weighted by molar-refractivity contribution is 0.502. The highest BCUT2D eigenvalue weighted by molar-refractivity contribution is 7.93. The number of fused-ring (bicyclic) bond motifs is 1. The molecule has 122 valence electrons. The van der Waals surface area contributed by atoms with E-state index in [1.54, 1.807) is 0 Å². The van der Waals surface area contributed by atoms with Crippen molar-refractivity contribution in [2.45, 2.75) is 36.9 Å². The average molecular weight is 343 g/mol. The SMILES string of the molecule is CCC1(c2cccc(NS(=O)(=O)C3CC3)c2)C2CNCC21.Cl. The Morgan fingerprint density at radius 2 is 1.95 bits per heavy atom. The Bertz CT molecular complexity index is 662. The number of benzene rings is 1. The molecule has 1 aliphatic heterocycles. The van der Waals surface area contributed by atoms with Crippen LogP contribution in [0.3, 0.4) is 0 Å². The van der Waals surface area contributed by atoms with Crippen molar-refractivity contribution in [2.24, 2.45) is 11.8 Å². The van der Waals surface area contributed by atoms with Crippen LogP contribution in [0.4, 0.5) is 5.69 Å². The number of piperidine rings is 1. The summed E-state index contributed by atoms with van der Waals surface area (Å²) in [5.74, 6) is 1.44. The second-order valence-corrected chi connectivity index (χ2v) is 8.65. The van der Waals surface area contributed by atoms with Gasteiger partial charge in [0.1, 0.15) is 0 Å². The van der Waals surface area contributed by atoms with Crippen molar-refractivity contribution in [1.82, 2.24) is 5.32 Å². The summed E-state index contributed by atoms with van der Waals surface area (Å²) in [4.78, 5) is 0. The smallest absolute Gasteiger partial charge is 0.235 e. The van der Waals surface area contributed by atoms with Gasteiger partial charge in [-0.05, 0) is 61.9 Å². The second kappa shape index (κ2) is 5.39. The minimum atomic E-state index is -3.17. The molecule has 2 saturated carbocycles. The average Bonchev–Trinajstić information content (AvgIpc) is 3.36. The molecule has 2 N–H and O–H groups in total. The van der Waals surface area contributed by atoms with Gasteiger partial charge in [-0.3, -0.25) is 4.72 Å². The maximum atomic E-state index is 12.1. The van der Waals surface area contributed by atoms with Crippen LogP contribution in [-0.2, 0) is 15.4 Å². The molecule has 0 spiro atoms. The topological polar surface area (TPSA) is 58.2 Å². The van der Waals surface area contributed by atoms with Gasteiger partial charge in [-0.1, -0.05) is 19.1 Å². The van der Waals surface area contributed by atoms with Crippen molar-refractivity contribution in [2.75, 3.05) is 17.8 Å². The highest BCUT2D eigenvalue weighted by atomic mass is 35.5. The van der Waals surface area contributed by atoms with Crippen molar-refractivity contribution < 1.29 is 8.42 Å². The lowest BCUT2D eigenvalue weighted by atomic mass is 9.87. The van der Waals surface area contributed by atoms with E-state index in [0.29, 0.717) is 0 Å². The first-order valence-electron chi connectivity index (χ1n) is 7.91. The van der Waals surface area contributed by atoms with Gasteiger partial charge in [0.25, 0.3) is 0 Å². The molecule has 1 aromatic carbocycles. The fourth-order valence-electron chi connectivity index (χ4n) is 4.30. The molecular weight excluding hydrogens is 320 g/mol. The highest BCUT2D eigenvalue weighted by Crippen LogP contribution is 2.63.